The molecule has 0 spiro atoms. The zero-order chi connectivity index (χ0) is 10.7. The summed E-state index contributed by atoms with van der Waals surface area (Å²) in [6.45, 7) is 5.74. The van der Waals surface area contributed by atoms with Crippen LogP contribution in [0.4, 0.5) is 4.39 Å². The molecule has 0 aliphatic rings. The molecule has 0 amide bonds. The van der Waals surface area contributed by atoms with Crippen molar-refractivity contribution >= 4 is 0 Å². The molecule has 2 heteroatoms. The van der Waals surface area contributed by atoms with E-state index < -0.39 is 0 Å². The Hall–Kier alpha value is -1.15. The molecule has 1 rings (SSSR count). The van der Waals surface area contributed by atoms with Crippen LogP contribution in [0.5, 0.6) is 0 Å². The van der Waals surface area contributed by atoms with Crippen LogP contribution in [-0.4, -0.2) is 0 Å². The molecule has 1 atom stereocenters. The molecule has 1 nitrogen and oxygen atoms in total. The molecular formula is C12H16FN. The van der Waals surface area contributed by atoms with Gasteiger partial charge in [0.15, 0.2) is 0 Å². The Morgan fingerprint density at radius 3 is 2.57 bits per heavy atom. The second-order valence-electron chi connectivity index (χ2n) is 3.78. The van der Waals surface area contributed by atoms with E-state index in [4.69, 9.17) is 5.73 Å². The summed E-state index contributed by atoms with van der Waals surface area (Å²) in [6.07, 6.45) is 1.96. The number of rotatable bonds is 2. The third-order valence-corrected chi connectivity index (χ3v) is 2.08. The molecule has 0 saturated carbocycles. The van der Waals surface area contributed by atoms with Crippen molar-refractivity contribution in [2.75, 3.05) is 0 Å². The summed E-state index contributed by atoms with van der Waals surface area (Å²) < 4.78 is 13.0. The maximum absolute atomic E-state index is 13.0. The average Bonchev–Trinajstić information content (AvgIpc) is 2.08. The average molecular weight is 193 g/mol. The maximum Gasteiger partial charge on any atom is 0.126 e. The molecule has 2 N–H and O–H groups in total. The van der Waals surface area contributed by atoms with Crippen molar-refractivity contribution in [2.45, 2.75) is 26.8 Å². The third kappa shape index (κ3) is 2.67. The first-order chi connectivity index (χ1) is 6.50. The lowest BCUT2D eigenvalue weighted by atomic mass is 10.0. The predicted octanol–water partition coefficient (Wildman–Crippen LogP) is 3.10. The van der Waals surface area contributed by atoms with Crippen LogP contribution in [0.2, 0.25) is 0 Å². The zero-order valence-corrected chi connectivity index (χ0v) is 8.84. The van der Waals surface area contributed by atoms with Gasteiger partial charge in [-0.3, -0.25) is 0 Å². The summed E-state index contributed by atoms with van der Waals surface area (Å²) in [7, 11) is 0. The summed E-state index contributed by atoms with van der Waals surface area (Å²) in [5.41, 5.74) is 8.67. The number of halogens is 1. The van der Waals surface area contributed by atoms with E-state index in [1.165, 1.54) is 11.6 Å². The summed E-state index contributed by atoms with van der Waals surface area (Å²) >= 11 is 0. The van der Waals surface area contributed by atoms with Crippen molar-refractivity contribution in [3.63, 3.8) is 0 Å². The topological polar surface area (TPSA) is 26.0 Å². The van der Waals surface area contributed by atoms with Gasteiger partial charge in [0.1, 0.15) is 5.82 Å². The Kier molecular flexibility index (Phi) is 3.42. The predicted molar refractivity (Wildman–Crippen MR) is 57.5 cm³/mol. The van der Waals surface area contributed by atoms with Crippen molar-refractivity contribution in [3.05, 3.63) is 46.8 Å². The standard InChI is InChI=1S/C12H16FN/c1-8(2)6-12(14)10-4-5-11(13)9(3)7-10/h4-7,12H,14H2,1-3H3. The summed E-state index contributed by atoms with van der Waals surface area (Å²) in [5.74, 6) is -0.182. The molecule has 0 fully saturated rings. The van der Waals surface area contributed by atoms with Crippen LogP contribution in [0.25, 0.3) is 0 Å². The molecule has 0 saturated heterocycles. The van der Waals surface area contributed by atoms with Crippen molar-refractivity contribution in [1.29, 1.82) is 0 Å². The first kappa shape index (κ1) is 10.9. The van der Waals surface area contributed by atoms with Gasteiger partial charge in [0, 0.05) is 6.04 Å². The first-order valence-electron chi connectivity index (χ1n) is 4.67. The van der Waals surface area contributed by atoms with Crippen LogP contribution in [-0.2, 0) is 0 Å². The molecular weight excluding hydrogens is 177 g/mol. The van der Waals surface area contributed by atoms with Crippen LogP contribution in [0.3, 0.4) is 0 Å². The Morgan fingerprint density at radius 2 is 2.07 bits per heavy atom. The molecule has 14 heavy (non-hydrogen) atoms. The molecule has 0 aliphatic heterocycles. The van der Waals surface area contributed by atoms with Crippen LogP contribution >= 0.6 is 0 Å². The SMILES string of the molecule is CC(C)=CC(N)c1ccc(F)c(C)c1. The van der Waals surface area contributed by atoms with Gasteiger partial charge < -0.3 is 5.73 Å². The fraction of sp³-hybridized carbons (Fsp3) is 0.333. The highest BCUT2D eigenvalue weighted by Gasteiger charge is 2.04. The lowest BCUT2D eigenvalue weighted by Gasteiger charge is -2.09. The van der Waals surface area contributed by atoms with Crippen LogP contribution in [0.1, 0.15) is 31.0 Å². The van der Waals surface area contributed by atoms with E-state index in [9.17, 15) is 4.39 Å². The smallest absolute Gasteiger partial charge is 0.126 e. The van der Waals surface area contributed by atoms with Gasteiger partial charge in [-0.25, -0.2) is 4.39 Å². The number of hydrogen-bond donors (Lipinski definition) is 1. The Balaban J connectivity index is 2.97. The minimum Gasteiger partial charge on any atom is -0.321 e. The molecule has 0 aliphatic carbocycles. The maximum atomic E-state index is 13.0. The second-order valence-corrected chi connectivity index (χ2v) is 3.78. The Morgan fingerprint density at radius 1 is 1.43 bits per heavy atom. The quantitative estimate of drug-likeness (QED) is 0.717. The Bertz CT molecular complexity index is 351. The molecule has 1 aromatic carbocycles. The number of benzene rings is 1. The number of nitrogens with two attached hydrogens (primary N) is 1. The molecule has 0 radical (unpaired) electrons. The largest absolute Gasteiger partial charge is 0.321 e. The summed E-state index contributed by atoms with van der Waals surface area (Å²) in [5, 5.41) is 0. The van der Waals surface area contributed by atoms with E-state index in [0.29, 0.717) is 5.56 Å². The van der Waals surface area contributed by atoms with Gasteiger partial charge in [-0.05, 0) is 38.0 Å². The van der Waals surface area contributed by atoms with E-state index >= 15 is 0 Å². The molecule has 0 heterocycles. The van der Waals surface area contributed by atoms with Gasteiger partial charge in [0.05, 0.1) is 0 Å². The molecule has 1 unspecified atom stereocenters. The van der Waals surface area contributed by atoms with Crippen molar-refractivity contribution in [2.24, 2.45) is 5.73 Å². The summed E-state index contributed by atoms with van der Waals surface area (Å²) in [4.78, 5) is 0. The van der Waals surface area contributed by atoms with Gasteiger partial charge in [-0.1, -0.05) is 23.8 Å². The minimum absolute atomic E-state index is 0.140. The fourth-order valence-corrected chi connectivity index (χ4v) is 1.33. The van der Waals surface area contributed by atoms with Gasteiger partial charge in [0.2, 0.25) is 0 Å². The van der Waals surface area contributed by atoms with Crippen molar-refractivity contribution in [3.8, 4) is 0 Å². The lowest BCUT2D eigenvalue weighted by Crippen LogP contribution is -2.07. The van der Waals surface area contributed by atoms with Gasteiger partial charge >= 0.3 is 0 Å². The van der Waals surface area contributed by atoms with E-state index in [1.807, 2.05) is 19.9 Å². The van der Waals surface area contributed by atoms with Gasteiger partial charge in [0.25, 0.3) is 0 Å². The minimum atomic E-state index is -0.182. The van der Waals surface area contributed by atoms with Crippen molar-refractivity contribution < 1.29 is 4.39 Å². The Labute approximate surface area is 84.4 Å². The van der Waals surface area contributed by atoms with E-state index in [1.54, 1.807) is 19.1 Å². The molecule has 0 bridgehead atoms. The number of allylic oxidation sites excluding steroid dienone is 1. The van der Waals surface area contributed by atoms with Crippen LogP contribution in [0, 0.1) is 12.7 Å². The molecule has 1 aromatic rings. The van der Waals surface area contributed by atoms with E-state index in [2.05, 4.69) is 0 Å². The van der Waals surface area contributed by atoms with Gasteiger partial charge in [-0.2, -0.15) is 0 Å². The van der Waals surface area contributed by atoms with Crippen LogP contribution < -0.4 is 5.73 Å². The number of hydrogen-bond acceptors (Lipinski definition) is 1. The van der Waals surface area contributed by atoms with Gasteiger partial charge in [-0.15, -0.1) is 0 Å². The van der Waals surface area contributed by atoms with Crippen molar-refractivity contribution in [1.82, 2.24) is 0 Å². The highest BCUT2D eigenvalue weighted by Crippen LogP contribution is 2.16. The normalized spacial score (nSPS) is 12.4. The highest BCUT2D eigenvalue weighted by molar-refractivity contribution is 5.29. The fourth-order valence-electron chi connectivity index (χ4n) is 1.33. The monoisotopic (exact) mass is 193 g/mol. The molecule has 0 aromatic heterocycles. The first-order valence-corrected chi connectivity index (χ1v) is 4.67. The second kappa shape index (κ2) is 4.38. The van der Waals surface area contributed by atoms with E-state index in [0.717, 1.165) is 5.56 Å². The number of aryl methyl sites for hydroxylation is 1. The lowest BCUT2D eigenvalue weighted by molar-refractivity contribution is 0.617. The summed E-state index contributed by atoms with van der Waals surface area (Å²) in [6, 6.07) is 4.84. The van der Waals surface area contributed by atoms with E-state index in [-0.39, 0.29) is 11.9 Å². The zero-order valence-electron chi connectivity index (χ0n) is 8.84. The molecule has 76 valence electrons. The third-order valence-electron chi connectivity index (χ3n) is 2.08. The highest BCUT2D eigenvalue weighted by atomic mass is 19.1. The van der Waals surface area contributed by atoms with Crippen LogP contribution in [0.15, 0.2) is 29.8 Å².